The molecule has 5 heteroatoms. The Bertz CT molecular complexity index is 200. The van der Waals surface area contributed by atoms with Gasteiger partial charge in [0.15, 0.2) is 0 Å². The van der Waals surface area contributed by atoms with E-state index in [0.29, 0.717) is 13.2 Å². The van der Waals surface area contributed by atoms with Crippen LogP contribution in [0.25, 0.3) is 0 Å². The van der Waals surface area contributed by atoms with E-state index < -0.39 is 0 Å². The van der Waals surface area contributed by atoms with E-state index in [-0.39, 0.29) is 8.61 Å². The summed E-state index contributed by atoms with van der Waals surface area (Å²) in [6.45, 7) is 5.60. The van der Waals surface area contributed by atoms with Gasteiger partial charge in [-0.25, -0.2) is 0 Å². The number of hydrogen-bond donors (Lipinski definition) is 0. The van der Waals surface area contributed by atoms with Gasteiger partial charge in [-0.05, 0) is 12.8 Å². The van der Waals surface area contributed by atoms with E-state index >= 15 is 0 Å². The molecule has 0 saturated carbocycles. The maximum atomic E-state index is 10.9. The van der Waals surface area contributed by atoms with Crippen molar-refractivity contribution in [3.8, 4) is 0 Å². The van der Waals surface area contributed by atoms with Crippen molar-refractivity contribution >= 4 is 8.61 Å². The second-order valence-electron chi connectivity index (χ2n) is 5.52. The minimum Gasteiger partial charge on any atom is -0.264 e. The Kier molecular flexibility index (Phi) is 18.0. The summed E-state index contributed by atoms with van der Waals surface area (Å²) < 4.78 is 10.9. The van der Waals surface area contributed by atoms with Crippen LogP contribution in [0.3, 0.4) is 0 Å². The predicted octanol–water partition coefficient (Wildman–Crippen LogP) is 6.08. The number of nitrogens with zero attached hydrogens (tertiary/aromatic N) is 1. The van der Waals surface area contributed by atoms with Gasteiger partial charge in [0, 0.05) is 5.00 Å². The Balaban J connectivity index is 3.31. The second kappa shape index (κ2) is 18.0. The lowest BCUT2D eigenvalue weighted by Gasteiger charge is -2.13. The highest BCUT2D eigenvalue weighted by Crippen LogP contribution is 2.11. The molecular weight excluding hydrogens is 285 g/mol. The zero-order chi connectivity index (χ0) is 15.6. The maximum Gasteiger partial charge on any atom is 0.303 e. The molecule has 21 heavy (non-hydrogen) atoms. The van der Waals surface area contributed by atoms with Crippen molar-refractivity contribution in [3.05, 3.63) is 0 Å². The third-order valence-electron chi connectivity index (χ3n) is 3.47. The van der Waals surface area contributed by atoms with E-state index in [1.54, 1.807) is 0 Å². The van der Waals surface area contributed by atoms with E-state index in [1.165, 1.54) is 64.2 Å². The molecular formula is C16H34NO3P. The van der Waals surface area contributed by atoms with Crippen molar-refractivity contribution < 1.29 is 14.2 Å². The van der Waals surface area contributed by atoms with Crippen LogP contribution in [0.4, 0.5) is 0 Å². The van der Waals surface area contributed by atoms with Gasteiger partial charge >= 0.3 is 8.61 Å². The largest absolute Gasteiger partial charge is 0.303 e. The third kappa shape index (κ3) is 16.2. The second-order valence-corrected chi connectivity index (χ2v) is 6.01. The first kappa shape index (κ1) is 21.0. The van der Waals surface area contributed by atoms with E-state index in [4.69, 9.17) is 9.68 Å². The van der Waals surface area contributed by atoms with Crippen LogP contribution in [0.15, 0.2) is 0 Å². The Morgan fingerprint density at radius 3 is 1.43 bits per heavy atom. The zero-order valence-corrected chi connectivity index (χ0v) is 14.9. The monoisotopic (exact) mass is 319 g/mol. The molecule has 0 fully saturated rings. The van der Waals surface area contributed by atoms with Crippen LogP contribution in [0, 0.1) is 0 Å². The van der Waals surface area contributed by atoms with E-state index in [9.17, 15) is 4.57 Å². The minimum atomic E-state index is -0.218. The molecule has 0 rings (SSSR count). The highest BCUT2D eigenvalue weighted by atomic mass is 31.1. The molecule has 0 amide bonds. The van der Waals surface area contributed by atoms with Crippen LogP contribution in [0.5, 0.6) is 0 Å². The molecule has 0 spiro atoms. The molecule has 0 aliphatic heterocycles. The lowest BCUT2D eigenvalue weighted by Crippen LogP contribution is -2.15. The fourth-order valence-corrected chi connectivity index (χ4v) is 2.39. The van der Waals surface area contributed by atoms with Gasteiger partial charge in [0.1, 0.15) is 0 Å². The van der Waals surface area contributed by atoms with Gasteiger partial charge in [0.05, 0.1) is 13.2 Å². The molecule has 0 aliphatic carbocycles. The molecule has 4 nitrogen and oxygen atoms in total. The SMILES string of the molecule is CCCCCCCCON(OCCCCCCCC)P=O. The standard InChI is InChI=1S/C16H34NO3P/c1-3-5-7-9-11-13-15-19-17(21-18)20-16-14-12-10-8-6-4-2/h3-16H2,1-2H3. The summed E-state index contributed by atoms with van der Waals surface area (Å²) in [5.74, 6) is 0. The molecule has 0 saturated heterocycles. The molecule has 0 atom stereocenters. The molecule has 0 unspecified atom stereocenters. The lowest BCUT2D eigenvalue weighted by atomic mass is 10.1. The zero-order valence-electron chi connectivity index (χ0n) is 14.0. The molecule has 0 radical (unpaired) electrons. The molecule has 0 aromatic heterocycles. The van der Waals surface area contributed by atoms with E-state index in [0.717, 1.165) is 17.8 Å². The Labute approximate surface area is 132 Å². The molecule has 0 aromatic carbocycles. The average Bonchev–Trinajstić information content (AvgIpc) is 2.51. The Morgan fingerprint density at radius 2 is 1.05 bits per heavy atom. The summed E-state index contributed by atoms with van der Waals surface area (Å²) in [7, 11) is -0.218. The highest BCUT2D eigenvalue weighted by Gasteiger charge is 2.05. The number of hydrogen-bond acceptors (Lipinski definition) is 3. The van der Waals surface area contributed by atoms with Gasteiger partial charge < -0.3 is 0 Å². The fourth-order valence-electron chi connectivity index (χ4n) is 2.13. The molecule has 0 aliphatic rings. The lowest BCUT2D eigenvalue weighted by molar-refractivity contribution is -0.299. The molecule has 0 heterocycles. The number of unbranched alkanes of at least 4 members (excludes halogenated alkanes) is 10. The van der Waals surface area contributed by atoms with Gasteiger partial charge in [0.25, 0.3) is 0 Å². The third-order valence-corrected chi connectivity index (χ3v) is 3.83. The average molecular weight is 319 g/mol. The van der Waals surface area contributed by atoms with Gasteiger partial charge in [-0.15, -0.1) is 0 Å². The van der Waals surface area contributed by atoms with Crippen LogP contribution in [0.1, 0.15) is 90.9 Å². The first-order chi connectivity index (χ1) is 10.3. The van der Waals surface area contributed by atoms with Gasteiger partial charge in [-0.3, -0.25) is 14.2 Å². The van der Waals surface area contributed by atoms with Crippen molar-refractivity contribution in [1.29, 1.82) is 0 Å². The summed E-state index contributed by atoms with van der Waals surface area (Å²) in [6.07, 6.45) is 14.6. The predicted molar refractivity (Wildman–Crippen MR) is 88.1 cm³/mol. The van der Waals surface area contributed by atoms with Gasteiger partial charge in [-0.2, -0.15) is 0 Å². The highest BCUT2D eigenvalue weighted by molar-refractivity contribution is 7.20. The van der Waals surface area contributed by atoms with Crippen molar-refractivity contribution in [2.75, 3.05) is 13.2 Å². The fraction of sp³-hybridized carbons (Fsp3) is 1.00. The summed E-state index contributed by atoms with van der Waals surface area (Å²) in [5, 5.41) is 0. The molecule has 0 N–H and O–H groups in total. The van der Waals surface area contributed by atoms with Crippen molar-refractivity contribution in [2.45, 2.75) is 90.9 Å². The smallest absolute Gasteiger partial charge is 0.264 e. The van der Waals surface area contributed by atoms with Crippen LogP contribution >= 0.6 is 8.61 Å². The maximum absolute atomic E-state index is 10.9. The van der Waals surface area contributed by atoms with E-state index in [2.05, 4.69) is 13.8 Å². The van der Waals surface area contributed by atoms with Crippen molar-refractivity contribution in [3.63, 3.8) is 0 Å². The quantitative estimate of drug-likeness (QED) is 0.185. The van der Waals surface area contributed by atoms with Gasteiger partial charge in [0.2, 0.25) is 0 Å². The first-order valence-corrected chi connectivity index (χ1v) is 9.50. The summed E-state index contributed by atoms with van der Waals surface area (Å²) >= 11 is 0. The Hall–Kier alpha value is -0.0200. The summed E-state index contributed by atoms with van der Waals surface area (Å²) in [6, 6.07) is 0. The molecule has 0 bridgehead atoms. The van der Waals surface area contributed by atoms with E-state index in [1.807, 2.05) is 0 Å². The Morgan fingerprint density at radius 1 is 0.667 bits per heavy atom. The van der Waals surface area contributed by atoms with Gasteiger partial charge in [-0.1, -0.05) is 78.1 Å². The first-order valence-electron chi connectivity index (χ1n) is 8.74. The molecule has 0 aromatic rings. The minimum absolute atomic E-state index is 0.218. The van der Waals surface area contributed by atoms with Crippen molar-refractivity contribution in [2.24, 2.45) is 0 Å². The molecule has 126 valence electrons. The topological polar surface area (TPSA) is 38.8 Å². The summed E-state index contributed by atoms with van der Waals surface area (Å²) in [5.41, 5.74) is 0. The summed E-state index contributed by atoms with van der Waals surface area (Å²) in [4.78, 5) is 11.7. The van der Waals surface area contributed by atoms with Crippen LogP contribution in [-0.2, 0) is 14.2 Å². The van der Waals surface area contributed by atoms with Crippen LogP contribution in [-0.4, -0.2) is 18.2 Å². The van der Waals surface area contributed by atoms with Crippen LogP contribution in [0.2, 0.25) is 0 Å². The van der Waals surface area contributed by atoms with Crippen molar-refractivity contribution in [1.82, 2.24) is 5.00 Å². The normalized spacial score (nSPS) is 11.6. The van der Waals surface area contributed by atoms with Crippen LogP contribution < -0.4 is 0 Å². The number of rotatable bonds is 17.